The molecule has 0 spiro atoms. The Hall–Kier alpha value is -1.10. The zero-order chi connectivity index (χ0) is 11.4. The van der Waals surface area contributed by atoms with Gasteiger partial charge in [-0.2, -0.15) is 0 Å². The third kappa shape index (κ3) is 3.51. The van der Waals surface area contributed by atoms with Gasteiger partial charge in [0.1, 0.15) is 0 Å². The van der Waals surface area contributed by atoms with Gasteiger partial charge in [-0.15, -0.1) is 0 Å². The van der Waals surface area contributed by atoms with Crippen LogP contribution in [0.25, 0.3) is 0 Å². The van der Waals surface area contributed by atoms with Crippen LogP contribution in [0.5, 0.6) is 5.75 Å². The molecule has 5 heteroatoms. The van der Waals surface area contributed by atoms with Gasteiger partial charge in [-0.25, -0.2) is 4.39 Å². The van der Waals surface area contributed by atoms with E-state index in [2.05, 4.69) is 15.9 Å². The summed E-state index contributed by atoms with van der Waals surface area (Å²) in [5, 5.41) is 7.15. The lowest BCUT2D eigenvalue weighted by atomic mass is 10.2. The van der Waals surface area contributed by atoms with E-state index >= 15 is 0 Å². The van der Waals surface area contributed by atoms with Gasteiger partial charge < -0.3 is 10.5 Å². The van der Waals surface area contributed by atoms with E-state index in [0.29, 0.717) is 4.47 Å². The molecule has 0 radical (unpaired) electrons. The summed E-state index contributed by atoms with van der Waals surface area (Å²) in [5.74, 6) is -0.438. The maximum atomic E-state index is 13.3. The lowest BCUT2D eigenvalue weighted by Crippen LogP contribution is -2.25. The molecule has 0 aromatic heterocycles. The van der Waals surface area contributed by atoms with Crippen molar-refractivity contribution in [3.05, 3.63) is 28.5 Å². The van der Waals surface area contributed by atoms with Crippen molar-refractivity contribution in [2.45, 2.75) is 6.92 Å². The standard InChI is InChI=1S/C10H12BrFN2O/c1-6(10(13)14)5-15-9-3-2-7(11)4-8(9)12/h2-4,6H,5H2,1H3,(H3,13,14). The van der Waals surface area contributed by atoms with Crippen LogP contribution in [0.2, 0.25) is 0 Å². The molecule has 0 bridgehead atoms. The number of hydrogen-bond acceptors (Lipinski definition) is 2. The molecule has 0 aliphatic carbocycles. The Morgan fingerprint density at radius 2 is 2.33 bits per heavy atom. The Morgan fingerprint density at radius 1 is 1.67 bits per heavy atom. The molecule has 1 atom stereocenters. The van der Waals surface area contributed by atoms with E-state index < -0.39 is 5.82 Å². The minimum Gasteiger partial charge on any atom is -0.490 e. The first-order valence-corrected chi connectivity index (χ1v) is 5.21. The molecule has 0 heterocycles. The van der Waals surface area contributed by atoms with Crippen LogP contribution in [0.15, 0.2) is 22.7 Å². The topological polar surface area (TPSA) is 59.1 Å². The van der Waals surface area contributed by atoms with Crippen molar-refractivity contribution in [1.29, 1.82) is 5.41 Å². The molecule has 0 amide bonds. The molecule has 15 heavy (non-hydrogen) atoms. The second-order valence-corrected chi connectivity index (χ2v) is 4.16. The number of nitrogens with one attached hydrogen (secondary N) is 1. The number of rotatable bonds is 4. The van der Waals surface area contributed by atoms with Gasteiger partial charge in [-0.05, 0) is 18.2 Å². The Bertz CT molecular complexity index is 370. The highest BCUT2D eigenvalue weighted by Gasteiger charge is 2.08. The van der Waals surface area contributed by atoms with Gasteiger partial charge in [0.05, 0.1) is 12.4 Å². The van der Waals surface area contributed by atoms with Crippen LogP contribution in [-0.2, 0) is 0 Å². The van der Waals surface area contributed by atoms with Gasteiger partial charge in [0.2, 0.25) is 0 Å². The minimum atomic E-state index is -0.430. The fourth-order valence-corrected chi connectivity index (χ4v) is 1.23. The number of hydrogen-bond donors (Lipinski definition) is 2. The summed E-state index contributed by atoms with van der Waals surface area (Å²) >= 11 is 3.15. The quantitative estimate of drug-likeness (QED) is 0.655. The number of halogens is 2. The lowest BCUT2D eigenvalue weighted by molar-refractivity contribution is 0.278. The predicted molar refractivity (Wildman–Crippen MR) is 60.7 cm³/mol. The Labute approximate surface area is 96.1 Å². The van der Waals surface area contributed by atoms with Gasteiger partial charge >= 0.3 is 0 Å². The molecule has 0 saturated carbocycles. The van der Waals surface area contributed by atoms with E-state index in [9.17, 15) is 4.39 Å². The van der Waals surface area contributed by atoms with Gasteiger partial charge in [-0.1, -0.05) is 22.9 Å². The van der Waals surface area contributed by atoms with Crippen molar-refractivity contribution in [1.82, 2.24) is 0 Å². The van der Waals surface area contributed by atoms with Crippen LogP contribution in [0.3, 0.4) is 0 Å². The summed E-state index contributed by atoms with van der Waals surface area (Å²) in [7, 11) is 0. The molecule has 1 unspecified atom stereocenters. The fourth-order valence-electron chi connectivity index (χ4n) is 0.897. The first kappa shape index (κ1) is 12.0. The fraction of sp³-hybridized carbons (Fsp3) is 0.300. The zero-order valence-electron chi connectivity index (χ0n) is 8.26. The highest BCUT2D eigenvalue weighted by molar-refractivity contribution is 9.10. The smallest absolute Gasteiger partial charge is 0.166 e. The average Bonchev–Trinajstić information content (AvgIpc) is 2.15. The summed E-state index contributed by atoms with van der Waals surface area (Å²) in [6.07, 6.45) is 0. The lowest BCUT2D eigenvalue weighted by Gasteiger charge is -2.12. The summed E-state index contributed by atoms with van der Waals surface area (Å²) in [4.78, 5) is 0. The molecular weight excluding hydrogens is 263 g/mol. The van der Waals surface area contributed by atoms with E-state index in [0.717, 1.165) is 0 Å². The number of amidine groups is 1. The molecule has 3 nitrogen and oxygen atoms in total. The molecule has 1 aromatic carbocycles. The van der Waals surface area contributed by atoms with Crippen molar-refractivity contribution in [3.8, 4) is 5.75 Å². The highest BCUT2D eigenvalue weighted by atomic mass is 79.9. The van der Waals surface area contributed by atoms with E-state index in [1.54, 1.807) is 13.0 Å². The van der Waals surface area contributed by atoms with Gasteiger partial charge in [0.25, 0.3) is 0 Å². The third-order valence-corrected chi connectivity index (χ3v) is 2.41. The predicted octanol–water partition coefficient (Wildman–Crippen LogP) is 2.54. The largest absolute Gasteiger partial charge is 0.490 e. The Balaban J connectivity index is 2.62. The Morgan fingerprint density at radius 3 is 2.87 bits per heavy atom. The highest BCUT2D eigenvalue weighted by Crippen LogP contribution is 2.21. The van der Waals surface area contributed by atoms with Crippen LogP contribution in [0, 0.1) is 17.1 Å². The molecular formula is C10H12BrFN2O. The SMILES string of the molecule is CC(COc1ccc(Br)cc1F)C(=N)N. The van der Waals surface area contributed by atoms with Crippen molar-refractivity contribution in [2.24, 2.45) is 11.7 Å². The minimum absolute atomic E-state index is 0.0347. The summed E-state index contributed by atoms with van der Waals surface area (Å²) < 4.78 is 19.1. The van der Waals surface area contributed by atoms with E-state index in [1.807, 2.05) is 0 Å². The van der Waals surface area contributed by atoms with Crippen LogP contribution < -0.4 is 10.5 Å². The molecule has 0 fully saturated rings. The van der Waals surface area contributed by atoms with E-state index in [-0.39, 0.29) is 24.1 Å². The number of ether oxygens (including phenoxy) is 1. The zero-order valence-corrected chi connectivity index (χ0v) is 9.84. The van der Waals surface area contributed by atoms with Crippen molar-refractivity contribution in [2.75, 3.05) is 6.61 Å². The second-order valence-electron chi connectivity index (χ2n) is 3.24. The first-order chi connectivity index (χ1) is 7.00. The maximum absolute atomic E-state index is 13.3. The average molecular weight is 275 g/mol. The van der Waals surface area contributed by atoms with E-state index in [1.165, 1.54) is 12.1 Å². The molecule has 0 aliphatic heterocycles. The molecule has 1 rings (SSSR count). The maximum Gasteiger partial charge on any atom is 0.166 e. The third-order valence-electron chi connectivity index (χ3n) is 1.91. The molecule has 0 aliphatic rings. The summed E-state index contributed by atoms with van der Waals surface area (Å²) in [6.45, 7) is 1.95. The van der Waals surface area contributed by atoms with Crippen LogP contribution in [0.4, 0.5) is 4.39 Å². The van der Waals surface area contributed by atoms with Crippen LogP contribution in [-0.4, -0.2) is 12.4 Å². The van der Waals surface area contributed by atoms with Gasteiger partial charge in [-0.3, -0.25) is 5.41 Å². The molecule has 0 saturated heterocycles. The van der Waals surface area contributed by atoms with Crippen molar-refractivity contribution >= 4 is 21.8 Å². The monoisotopic (exact) mass is 274 g/mol. The van der Waals surface area contributed by atoms with Crippen molar-refractivity contribution < 1.29 is 9.13 Å². The summed E-state index contributed by atoms with van der Waals surface area (Å²) in [6, 6.07) is 4.55. The van der Waals surface area contributed by atoms with Crippen LogP contribution >= 0.6 is 15.9 Å². The molecule has 1 aromatic rings. The van der Waals surface area contributed by atoms with E-state index in [4.69, 9.17) is 15.9 Å². The Kier molecular flexibility index (Phi) is 4.08. The normalized spacial score (nSPS) is 12.2. The first-order valence-electron chi connectivity index (χ1n) is 4.42. The molecule has 3 N–H and O–H groups in total. The number of benzene rings is 1. The van der Waals surface area contributed by atoms with Gasteiger partial charge in [0, 0.05) is 10.4 Å². The summed E-state index contributed by atoms with van der Waals surface area (Å²) in [5.41, 5.74) is 5.26. The van der Waals surface area contributed by atoms with Crippen LogP contribution in [0.1, 0.15) is 6.92 Å². The number of nitrogens with two attached hydrogens (primary N) is 1. The second kappa shape index (κ2) is 5.11. The molecule has 82 valence electrons. The van der Waals surface area contributed by atoms with Gasteiger partial charge in [0.15, 0.2) is 11.6 Å². The van der Waals surface area contributed by atoms with Crippen molar-refractivity contribution in [3.63, 3.8) is 0 Å².